The average Bonchev–Trinajstić information content (AvgIpc) is 2.73. The zero-order valence-electron chi connectivity index (χ0n) is 8.77. The summed E-state index contributed by atoms with van der Waals surface area (Å²) in [5, 5.41) is 18.6. The highest BCUT2D eigenvalue weighted by Gasteiger charge is 2.66. The van der Waals surface area contributed by atoms with E-state index >= 15 is 0 Å². The molecule has 0 aromatic carbocycles. The fourth-order valence-corrected chi connectivity index (χ4v) is 3.88. The number of aliphatic carboxylic acids is 2. The summed E-state index contributed by atoms with van der Waals surface area (Å²) < 4.78 is 0. The van der Waals surface area contributed by atoms with Crippen molar-refractivity contribution in [2.24, 2.45) is 23.2 Å². The second-order valence-electron chi connectivity index (χ2n) is 4.76. The van der Waals surface area contributed by atoms with Gasteiger partial charge in [0, 0.05) is 0 Å². The monoisotopic (exact) mass is 212 g/mol. The number of rotatable bonds is 3. The van der Waals surface area contributed by atoms with Crippen molar-refractivity contribution < 1.29 is 19.8 Å². The van der Waals surface area contributed by atoms with E-state index in [1.807, 2.05) is 6.92 Å². The molecule has 2 saturated carbocycles. The quantitative estimate of drug-likeness (QED) is 0.697. The van der Waals surface area contributed by atoms with Gasteiger partial charge >= 0.3 is 11.9 Å². The Labute approximate surface area is 88.3 Å². The largest absolute Gasteiger partial charge is 0.480 e. The maximum atomic E-state index is 11.3. The third-order valence-corrected chi connectivity index (χ3v) is 4.42. The Hall–Kier alpha value is -1.06. The van der Waals surface area contributed by atoms with Crippen LogP contribution in [-0.4, -0.2) is 22.2 Å². The minimum absolute atomic E-state index is 0.151. The van der Waals surface area contributed by atoms with Crippen molar-refractivity contribution >= 4 is 11.9 Å². The van der Waals surface area contributed by atoms with E-state index in [0.717, 1.165) is 19.3 Å². The maximum Gasteiger partial charge on any atom is 0.321 e. The first-order chi connectivity index (χ1) is 7.05. The first kappa shape index (κ1) is 10.5. The van der Waals surface area contributed by atoms with Crippen LogP contribution < -0.4 is 0 Å². The normalized spacial score (nSPS) is 36.7. The summed E-state index contributed by atoms with van der Waals surface area (Å²) in [5.74, 6) is -2.27. The summed E-state index contributed by atoms with van der Waals surface area (Å²) in [6, 6.07) is 0. The molecule has 2 N–H and O–H groups in total. The highest BCUT2D eigenvalue weighted by molar-refractivity contribution is 5.99. The second-order valence-corrected chi connectivity index (χ2v) is 4.76. The number of carbonyl (C=O) groups is 2. The minimum Gasteiger partial charge on any atom is -0.480 e. The lowest BCUT2D eigenvalue weighted by Gasteiger charge is -2.36. The van der Waals surface area contributed by atoms with Crippen LogP contribution in [-0.2, 0) is 9.59 Å². The van der Waals surface area contributed by atoms with E-state index in [9.17, 15) is 19.8 Å². The molecule has 0 aromatic heterocycles. The Morgan fingerprint density at radius 3 is 2.27 bits per heavy atom. The molecular weight excluding hydrogens is 196 g/mol. The number of fused-ring (bicyclic) bond motifs is 2. The van der Waals surface area contributed by atoms with E-state index in [2.05, 4.69) is 0 Å². The van der Waals surface area contributed by atoms with Gasteiger partial charge in [-0.15, -0.1) is 0 Å². The number of carboxylic acids is 2. The summed E-state index contributed by atoms with van der Waals surface area (Å²) in [4.78, 5) is 22.7. The molecular formula is C11H16O4. The van der Waals surface area contributed by atoms with Crippen molar-refractivity contribution in [3.63, 3.8) is 0 Å². The van der Waals surface area contributed by atoms with Gasteiger partial charge in [-0.3, -0.25) is 9.59 Å². The highest BCUT2D eigenvalue weighted by Crippen LogP contribution is 2.60. The van der Waals surface area contributed by atoms with Crippen LogP contribution in [0.15, 0.2) is 0 Å². The molecule has 2 rings (SSSR count). The van der Waals surface area contributed by atoms with Gasteiger partial charge in [0.2, 0.25) is 0 Å². The van der Waals surface area contributed by atoms with E-state index in [0.29, 0.717) is 12.3 Å². The van der Waals surface area contributed by atoms with Gasteiger partial charge in [-0.25, -0.2) is 0 Å². The summed E-state index contributed by atoms with van der Waals surface area (Å²) >= 11 is 0. The van der Waals surface area contributed by atoms with Gasteiger partial charge in [0.15, 0.2) is 5.41 Å². The molecule has 84 valence electrons. The molecule has 2 aliphatic rings. The lowest BCUT2D eigenvalue weighted by atomic mass is 9.65. The molecule has 2 aliphatic carbocycles. The topological polar surface area (TPSA) is 74.6 Å². The van der Waals surface area contributed by atoms with Crippen LogP contribution in [0.4, 0.5) is 0 Å². The molecule has 4 nitrogen and oxygen atoms in total. The van der Waals surface area contributed by atoms with Gasteiger partial charge in [-0.1, -0.05) is 13.3 Å². The molecule has 2 bridgehead atoms. The Kier molecular flexibility index (Phi) is 2.24. The smallest absolute Gasteiger partial charge is 0.321 e. The van der Waals surface area contributed by atoms with Gasteiger partial charge in [-0.05, 0) is 37.0 Å². The summed E-state index contributed by atoms with van der Waals surface area (Å²) in [7, 11) is 0. The van der Waals surface area contributed by atoms with Gasteiger partial charge in [0.1, 0.15) is 0 Å². The van der Waals surface area contributed by atoms with Gasteiger partial charge in [0.25, 0.3) is 0 Å². The van der Waals surface area contributed by atoms with Gasteiger partial charge in [0.05, 0.1) is 0 Å². The standard InChI is InChI=1S/C11H16O4/c1-2-8-6-3-4-7(5-6)11(8,9(12)13)10(14)15/h6-8H,2-5H2,1H3,(H,12,13)(H,14,15). The predicted octanol–water partition coefficient (Wildman–Crippen LogP) is 1.60. The SMILES string of the molecule is CCC1C2CCC(C2)C1(C(=O)O)C(=O)O. The van der Waals surface area contributed by atoms with E-state index in [4.69, 9.17) is 0 Å². The maximum absolute atomic E-state index is 11.3. The molecule has 0 radical (unpaired) electrons. The second kappa shape index (κ2) is 3.22. The zero-order valence-corrected chi connectivity index (χ0v) is 8.77. The fraction of sp³-hybridized carbons (Fsp3) is 0.818. The van der Waals surface area contributed by atoms with Crippen molar-refractivity contribution in [1.29, 1.82) is 0 Å². The Balaban J connectivity index is 2.46. The molecule has 4 heteroatoms. The lowest BCUT2D eigenvalue weighted by Crippen LogP contribution is -2.49. The molecule has 0 aliphatic heterocycles. The molecule has 3 atom stereocenters. The minimum atomic E-state index is -1.49. The molecule has 0 spiro atoms. The van der Waals surface area contributed by atoms with E-state index in [-0.39, 0.29) is 11.8 Å². The van der Waals surface area contributed by atoms with Crippen LogP contribution in [0, 0.1) is 23.2 Å². The average molecular weight is 212 g/mol. The highest BCUT2D eigenvalue weighted by atomic mass is 16.4. The molecule has 0 heterocycles. The van der Waals surface area contributed by atoms with Gasteiger partial charge in [-0.2, -0.15) is 0 Å². The number of hydrogen-bond donors (Lipinski definition) is 2. The Bertz CT molecular complexity index is 296. The first-order valence-electron chi connectivity index (χ1n) is 5.51. The molecule has 2 fully saturated rings. The van der Waals surface area contributed by atoms with Crippen molar-refractivity contribution in [3.05, 3.63) is 0 Å². The van der Waals surface area contributed by atoms with Crippen LogP contribution in [0.25, 0.3) is 0 Å². The Morgan fingerprint density at radius 1 is 1.27 bits per heavy atom. The van der Waals surface area contributed by atoms with Crippen molar-refractivity contribution in [2.45, 2.75) is 32.6 Å². The third-order valence-electron chi connectivity index (χ3n) is 4.42. The fourth-order valence-electron chi connectivity index (χ4n) is 3.88. The summed E-state index contributed by atoms with van der Waals surface area (Å²) in [6.07, 6.45) is 3.21. The Morgan fingerprint density at radius 2 is 1.87 bits per heavy atom. The van der Waals surface area contributed by atoms with Crippen LogP contribution >= 0.6 is 0 Å². The molecule has 0 aromatic rings. The number of carboxylic acid groups (broad SMARTS) is 2. The molecule has 0 saturated heterocycles. The van der Waals surface area contributed by atoms with Crippen molar-refractivity contribution in [3.8, 4) is 0 Å². The molecule has 0 amide bonds. The van der Waals surface area contributed by atoms with Crippen LogP contribution in [0.5, 0.6) is 0 Å². The van der Waals surface area contributed by atoms with E-state index in [1.54, 1.807) is 0 Å². The molecule has 3 unspecified atom stereocenters. The summed E-state index contributed by atoms with van der Waals surface area (Å²) in [5.41, 5.74) is -1.49. The van der Waals surface area contributed by atoms with Crippen LogP contribution in [0.3, 0.4) is 0 Å². The third kappa shape index (κ3) is 1.08. The lowest BCUT2D eigenvalue weighted by molar-refractivity contribution is -0.174. The van der Waals surface area contributed by atoms with Crippen LogP contribution in [0.2, 0.25) is 0 Å². The van der Waals surface area contributed by atoms with E-state index < -0.39 is 17.4 Å². The van der Waals surface area contributed by atoms with Gasteiger partial charge < -0.3 is 10.2 Å². The van der Waals surface area contributed by atoms with Crippen molar-refractivity contribution in [1.82, 2.24) is 0 Å². The van der Waals surface area contributed by atoms with Crippen LogP contribution in [0.1, 0.15) is 32.6 Å². The predicted molar refractivity (Wildman–Crippen MR) is 52.3 cm³/mol. The summed E-state index contributed by atoms with van der Waals surface area (Å²) in [6.45, 7) is 1.89. The first-order valence-corrected chi connectivity index (χ1v) is 5.51. The van der Waals surface area contributed by atoms with E-state index in [1.165, 1.54) is 0 Å². The molecule has 15 heavy (non-hydrogen) atoms. The zero-order chi connectivity index (χ0) is 11.2. The number of hydrogen-bond acceptors (Lipinski definition) is 2. The van der Waals surface area contributed by atoms with Crippen molar-refractivity contribution in [2.75, 3.05) is 0 Å².